The molecule has 0 aliphatic carbocycles. The van der Waals surface area contributed by atoms with E-state index in [1.54, 1.807) is 42.5 Å². The van der Waals surface area contributed by atoms with Crippen LogP contribution in [0.3, 0.4) is 0 Å². The number of anilines is 1. The monoisotopic (exact) mass is 353 g/mol. The zero-order valence-electron chi connectivity index (χ0n) is 13.6. The second kappa shape index (κ2) is 6.72. The largest absolute Gasteiger partial charge is 0.508 e. The van der Waals surface area contributed by atoms with Crippen LogP contribution in [0, 0.1) is 0 Å². The van der Waals surface area contributed by atoms with Crippen molar-refractivity contribution < 1.29 is 28.5 Å². The number of hydrogen-bond donors (Lipinski definition) is 2. The number of phenolic OH excluding ortho intramolecular Hbond substituents is 1. The molecule has 2 aromatic carbocycles. The maximum atomic E-state index is 12.2. The summed E-state index contributed by atoms with van der Waals surface area (Å²) in [6, 6.07) is 14.8. The number of ether oxygens (including phenoxy) is 3. The molecule has 26 heavy (non-hydrogen) atoms. The Morgan fingerprint density at radius 1 is 1.08 bits per heavy atom. The van der Waals surface area contributed by atoms with Crippen LogP contribution >= 0.6 is 0 Å². The molecule has 0 fully saturated rings. The number of fused-ring (bicyclic) bond motifs is 1. The first-order chi connectivity index (χ1) is 12.7. The molecule has 0 saturated heterocycles. The van der Waals surface area contributed by atoms with Crippen LogP contribution in [-0.2, 0) is 6.61 Å². The van der Waals surface area contributed by atoms with Crippen molar-refractivity contribution in [1.82, 2.24) is 0 Å². The molecule has 4 rings (SSSR count). The highest BCUT2D eigenvalue weighted by atomic mass is 16.7. The average Bonchev–Trinajstić information content (AvgIpc) is 3.29. The molecule has 0 bridgehead atoms. The lowest BCUT2D eigenvalue weighted by molar-refractivity contribution is 0.0992. The summed E-state index contributed by atoms with van der Waals surface area (Å²) >= 11 is 0. The number of hydrogen-bond acceptors (Lipinski definition) is 6. The van der Waals surface area contributed by atoms with Crippen LogP contribution < -0.4 is 19.5 Å². The van der Waals surface area contributed by atoms with Crippen LogP contribution in [0.5, 0.6) is 23.0 Å². The zero-order chi connectivity index (χ0) is 17.9. The van der Waals surface area contributed by atoms with Gasteiger partial charge in [0.05, 0.1) is 0 Å². The summed E-state index contributed by atoms with van der Waals surface area (Å²) in [5, 5.41) is 12.1. The Balaban J connectivity index is 1.37. The lowest BCUT2D eigenvalue weighted by atomic mass is 10.3. The second-order valence-electron chi connectivity index (χ2n) is 5.57. The van der Waals surface area contributed by atoms with E-state index in [-0.39, 0.29) is 24.9 Å². The molecule has 0 unspecified atom stereocenters. The lowest BCUT2D eigenvalue weighted by Gasteiger charge is -2.05. The Morgan fingerprint density at radius 2 is 1.96 bits per heavy atom. The van der Waals surface area contributed by atoms with Crippen molar-refractivity contribution in [3.63, 3.8) is 0 Å². The van der Waals surface area contributed by atoms with Gasteiger partial charge in [-0.15, -0.1) is 0 Å². The van der Waals surface area contributed by atoms with Crippen LogP contribution in [-0.4, -0.2) is 17.8 Å². The number of carbonyl (C=O) groups excluding carboxylic acids is 1. The van der Waals surface area contributed by atoms with Gasteiger partial charge >= 0.3 is 0 Å². The summed E-state index contributed by atoms with van der Waals surface area (Å²) in [6.45, 7) is 0.369. The smallest absolute Gasteiger partial charge is 0.291 e. The molecule has 7 nitrogen and oxygen atoms in total. The highest BCUT2D eigenvalue weighted by Gasteiger charge is 2.15. The molecule has 1 aliphatic rings. The molecule has 7 heteroatoms. The standard InChI is InChI=1S/C19H15NO6/c21-13-3-1-2-12(8-13)20-19(22)17-7-5-15(26-17)10-23-14-4-6-16-18(9-14)25-11-24-16/h1-9,21H,10-11H2,(H,20,22). The first-order valence-electron chi connectivity index (χ1n) is 7.89. The molecular formula is C19H15NO6. The van der Waals surface area contributed by atoms with Gasteiger partial charge < -0.3 is 29.1 Å². The first kappa shape index (κ1) is 15.9. The van der Waals surface area contributed by atoms with Gasteiger partial charge in [0.25, 0.3) is 5.91 Å². The summed E-state index contributed by atoms with van der Waals surface area (Å²) < 4.78 is 21.7. The maximum absolute atomic E-state index is 12.2. The summed E-state index contributed by atoms with van der Waals surface area (Å²) in [6.07, 6.45) is 0. The van der Waals surface area contributed by atoms with E-state index in [0.717, 1.165) is 0 Å². The van der Waals surface area contributed by atoms with E-state index in [9.17, 15) is 9.90 Å². The van der Waals surface area contributed by atoms with E-state index in [1.165, 1.54) is 12.1 Å². The Labute approximate surface area is 148 Å². The fourth-order valence-electron chi connectivity index (χ4n) is 2.47. The summed E-state index contributed by atoms with van der Waals surface area (Å²) in [5.74, 6) is 2.23. The molecule has 3 aromatic rings. The number of nitrogens with one attached hydrogen (secondary N) is 1. The molecule has 0 atom stereocenters. The molecule has 2 heterocycles. The van der Waals surface area contributed by atoms with Crippen LogP contribution in [0.1, 0.15) is 16.3 Å². The minimum Gasteiger partial charge on any atom is -0.508 e. The molecule has 0 saturated carbocycles. The van der Waals surface area contributed by atoms with Crippen molar-refractivity contribution in [2.45, 2.75) is 6.61 Å². The van der Waals surface area contributed by atoms with Crippen molar-refractivity contribution in [2.75, 3.05) is 12.1 Å². The van der Waals surface area contributed by atoms with Gasteiger partial charge in [-0.3, -0.25) is 4.79 Å². The zero-order valence-corrected chi connectivity index (χ0v) is 13.6. The number of phenols is 1. The Morgan fingerprint density at radius 3 is 2.85 bits per heavy atom. The topological polar surface area (TPSA) is 90.2 Å². The lowest BCUT2D eigenvalue weighted by Crippen LogP contribution is -2.10. The number of furan rings is 1. The van der Waals surface area contributed by atoms with E-state index >= 15 is 0 Å². The average molecular weight is 353 g/mol. The molecule has 132 valence electrons. The highest BCUT2D eigenvalue weighted by molar-refractivity contribution is 6.02. The molecule has 1 aliphatic heterocycles. The normalized spacial score (nSPS) is 12.0. The molecular weight excluding hydrogens is 338 g/mol. The van der Waals surface area contributed by atoms with Crippen LogP contribution in [0.15, 0.2) is 59.0 Å². The Bertz CT molecular complexity index is 949. The third-order valence-corrected chi connectivity index (χ3v) is 3.71. The molecule has 0 radical (unpaired) electrons. The predicted molar refractivity (Wildman–Crippen MR) is 91.7 cm³/mol. The number of carbonyl (C=O) groups is 1. The van der Waals surface area contributed by atoms with Crippen molar-refractivity contribution in [1.29, 1.82) is 0 Å². The molecule has 1 aromatic heterocycles. The minimum atomic E-state index is -0.412. The summed E-state index contributed by atoms with van der Waals surface area (Å²) in [5.41, 5.74) is 0.476. The quantitative estimate of drug-likeness (QED) is 0.729. The van der Waals surface area contributed by atoms with Gasteiger partial charge in [0.15, 0.2) is 17.3 Å². The van der Waals surface area contributed by atoms with Crippen LogP contribution in [0.2, 0.25) is 0 Å². The van der Waals surface area contributed by atoms with Gasteiger partial charge in [0.2, 0.25) is 6.79 Å². The fraction of sp³-hybridized carbons (Fsp3) is 0.105. The highest BCUT2D eigenvalue weighted by Crippen LogP contribution is 2.35. The van der Waals surface area contributed by atoms with Gasteiger partial charge in [0.1, 0.15) is 23.9 Å². The van der Waals surface area contributed by atoms with Gasteiger partial charge in [-0.25, -0.2) is 0 Å². The Kier molecular flexibility index (Phi) is 4.10. The van der Waals surface area contributed by atoms with Crippen molar-refractivity contribution in [2.24, 2.45) is 0 Å². The van der Waals surface area contributed by atoms with E-state index in [2.05, 4.69) is 5.32 Å². The number of amides is 1. The number of aromatic hydroxyl groups is 1. The maximum Gasteiger partial charge on any atom is 0.291 e. The van der Waals surface area contributed by atoms with E-state index in [4.69, 9.17) is 18.6 Å². The van der Waals surface area contributed by atoms with Crippen molar-refractivity contribution in [3.05, 3.63) is 66.1 Å². The first-order valence-corrected chi connectivity index (χ1v) is 7.89. The number of rotatable bonds is 5. The van der Waals surface area contributed by atoms with Gasteiger partial charge in [-0.05, 0) is 36.4 Å². The van der Waals surface area contributed by atoms with Gasteiger partial charge in [-0.1, -0.05) is 6.07 Å². The molecule has 2 N–H and O–H groups in total. The van der Waals surface area contributed by atoms with Crippen molar-refractivity contribution >= 4 is 11.6 Å². The van der Waals surface area contributed by atoms with Crippen molar-refractivity contribution in [3.8, 4) is 23.0 Å². The van der Waals surface area contributed by atoms with E-state index in [0.29, 0.717) is 28.7 Å². The molecule has 0 spiro atoms. The van der Waals surface area contributed by atoms with Crippen LogP contribution in [0.4, 0.5) is 5.69 Å². The Hall–Kier alpha value is -3.61. The summed E-state index contributed by atoms with van der Waals surface area (Å²) in [7, 11) is 0. The third-order valence-electron chi connectivity index (χ3n) is 3.71. The predicted octanol–water partition coefficient (Wildman–Crippen LogP) is 3.55. The van der Waals surface area contributed by atoms with Gasteiger partial charge in [0, 0.05) is 17.8 Å². The minimum absolute atomic E-state index is 0.0695. The number of benzene rings is 2. The van der Waals surface area contributed by atoms with Gasteiger partial charge in [-0.2, -0.15) is 0 Å². The molecule has 1 amide bonds. The third kappa shape index (κ3) is 3.41. The fourth-order valence-corrected chi connectivity index (χ4v) is 2.47. The van der Waals surface area contributed by atoms with E-state index in [1.807, 2.05) is 0 Å². The van der Waals surface area contributed by atoms with E-state index < -0.39 is 5.91 Å². The van der Waals surface area contributed by atoms with Crippen LogP contribution in [0.25, 0.3) is 0 Å². The summed E-state index contributed by atoms with van der Waals surface area (Å²) in [4.78, 5) is 12.2. The second-order valence-corrected chi connectivity index (χ2v) is 5.57. The SMILES string of the molecule is O=C(Nc1cccc(O)c1)c1ccc(COc2ccc3c(c2)OCO3)o1.